The van der Waals surface area contributed by atoms with Crippen LogP contribution < -0.4 is 11.1 Å². The molecule has 5 nitrogen and oxygen atoms in total. The van der Waals surface area contributed by atoms with Gasteiger partial charge in [-0.3, -0.25) is 4.79 Å². The van der Waals surface area contributed by atoms with E-state index < -0.39 is 15.9 Å². The molecule has 17 heavy (non-hydrogen) atoms. The van der Waals surface area contributed by atoms with Crippen LogP contribution in [-0.2, 0) is 14.6 Å². The number of hydrogen-bond acceptors (Lipinski definition) is 4. The molecular weight excluding hydrogens is 240 g/mol. The minimum atomic E-state index is -3.20. The van der Waals surface area contributed by atoms with Crippen LogP contribution in [0, 0.1) is 0 Å². The van der Waals surface area contributed by atoms with Crippen LogP contribution in [0.25, 0.3) is 0 Å². The summed E-state index contributed by atoms with van der Waals surface area (Å²) in [5.74, 6) is -0.255. The molecule has 0 spiro atoms. The predicted molar refractivity (Wildman–Crippen MR) is 66.4 cm³/mol. The van der Waals surface area contributed by atoms with Crippen molar-refractivity contribution in [3.8, 4) is 0 Å². The Morgan fingerprint density at radius 1 is 1.35 bits per heavy atom. The predicted octanol–water partition coefficient (Wildman–Crippen LogP) is 0.766. The number of carbonyl (C=O) groups excluding carboxylic acids is 1. The molecule has 3 N–H and O–H groups in total. The maximum Gasteiger partial charge on any atom is 0.240 e. The Labute approximate surface area is 101 Å². The molecule has 0 aliphatic carbocycles. The van der Waals surface area contributed by atoms with Gasteiger partial charge in [0.05, 0.1) is 16.7 Å². The molecule has 0 aromatic heterocycles. The van der Waals surface area contributed by atoms with Gasteiger partial charge in [-0.2, -0.15) is 0 Å². The van der Waals surface area contributed by atoms with E-state index in [0.717, 1.165) is 0 Å². The number of nitrogens with two attached hydrogens (primary N) is 1. The monoisotopic (exact) mass is 256 g/mol. The van der Waals surface area contributed by atoms with Crippen molar-refractivity contribution in [3.63, 3.8) is 0 Å². The van der Waals surface area contributed by atoms with Crippen LogP contribution in [0.15, 0.2) is 29.2 Å². The maximum atomic E-state index is 11.5. The highest BCUT2D eigenvalue weighted by Gasteiger charge is 2.12. The number of benzene rings is 1. The van der Waals surface area contributed by atoms with Gasteiger partial charge in [-0.1, -0.05) is 6.92 Å². The van der Waals surface area contributed by atoms with Gasteiger partial charge in [-0.05, 0) is 31.2 Å². The second-order valence-corrected chi connectivity index (χ2v) is 5.98. The first kappa shape index (κ1) is 13.7. The fourth-order valence-electron chi connectivity index (χ4n) is 1.17. The number of rotatable bonds is 4. The Bertz CT molecular complexity index is 492. The number of anilines is 1. The SMILES string of the molecule is CCS(=O)(=O)c1ccc(NC(=O)[C@@H](C)N)cc1. The first-order valence-electron chi connectivity index (χ1n) is 5.26. The van der Waals surface area contributed by atoms with Gasteiger partial charge in [0.15, 0.2) is 9.84 Å². The molecule has 0 radical (unpaired) electrons. The third-order valence-electron chi connectivity index (χ3n) is 2.27. The van der Waals surface area contributed by atoms with Crippen LogP contribution in [0.3, 0.4) is 0 Å². The molecule has 1 aromatic carbocycles. The van der Waals surface area contributed by atoms with Crippen LogP contribution in [0.4, 0.5) is 5.69 Å². The van der Waals surface area contributed by atoms with Crippen molar-refractivity contribution in [2.45, 2.75) is 24.8 Å². The standard InChI is InChI=1S/C11H16N2O3S/c1-3-17(15,16)10-6-4-9(5-7-10)13-11(14)8(2)12/h4-8H,3,12H2,1-2H3,(H,13,14)/t8-/m1/s1. The Morgan fingerprint density at radius 3 is 2.29 bits per heavy atom. The Balaban J connectivity index is 2.86. The lowest BCUT2D eigenvalue weighted by atomic mass is 10.3. The second kappa shape index (κ2) is 5.29. The number of nitrogens with one attached hydrogen (secondary N) is 1. The van der Waals surface area contributed by atoms with Gasteiger partial charge < -0.3 is 11.1 Å². The summed E-state index contributed by atoms with van der Waals surface area (Å²) in [6.07, 6.45) is 0. The molecule has 6 heteroatoms. The molecule has 1 amide bonds. The fourth-order valence-corrected chi connectivity index (χ4v) is 2.05. The zero-order valence-electron chi connectivity index (χ0n) is 9.80. The molecule has 0 saturated heterocycles. The molecule has 1 atom stereocenters. The van der Waals surface area contributed by atoms with E-state index in [-0.39, 0.29) is 16.6 Å². The largest absolute Gasteiger partial charge is 0.325 e. The van der Waals surface area contributed by atoms with Crippen molar-refractivity contribution < 1.29 is 13.2 Å². The smallest absolute Gasteiger partial charge is 0.240 e. The highest BCUT2D eigenvalue weighted by atomic mass is 32.2. The summed E-state index contributed by atoms with van der Waals surface area (Å²) in [7, 11) is -3.20. The molecule has 0 aliphatic heterocycles. The summed E-state index contributed by atoms with van der Waals surface area (Å²) < 4.78 is 23.1. The zero-order valence-corrected chi connectivity index (χ0v) is 10.6. The minimum absolute atomic E-state index is 0.0541. The van der Waals surface area contributed by atoms with Gasteiger partial charge in [0.1, 0.15) is 0 Å². The Kier molecular flexibility index (Phi) is 4.25. The zero-order chi connectivity index (χ0) is 13.1. The van der Waals surface area contributed by atoms with E-state index in [1.807, 2.05) is 0 Å². The highest BCUT2D eigenvalue weighted by molar-refractivity contribution is 7.91. The van der Waals surface area contributed by atoms with E-state index in [2.05, 4.69) is 5.32 Å². The minimum Gasteiger partial charge on any atom is -0.325 e. The third kappa shape index (κ3) is 3.54. The van der Waals surface area contributed by atoms with Crippen LogP contribution in [0.1, 0.15) is 13.8 Å². The van der Waals surface area contributed by atoms with Gasteiger partial charge in [0, 0.05) is 5.69 Å². The van der Waals surface area contributed by atoms with E-state index in [0.29, 0.717) is 5.69 Å². The summed E-state index contributed by atoms with van der Waals surface area (Å²) in [4.78, 5) is 11.5. The molecule has 0 unspecified atom stereocenters. The molecular formula is C11H16N2O3S. The lowest BCUT2D eigenvalue weighted by Crippen LogP contribution is -2.32. The van der Waals surface area contributed by atoms with Crippen molar-refractivity contribution in [2.75, 3.05) is 11.1 Å². The molecule has 0 aliphatic rings. The summed E-state index contributed by atoms with van der Waals surface area (Å²) in [5.41, 5.74) is 5.93. The number of hydrogen-bond donors (Lipinski definition) is 2. The summed E-state index contributed by atoms with van der Waals surface area (Å²) in [6.45, 7) is 3.16. The average molecular weight is 256 g/mol. The summed E-state index contributed by atoms with van der Waals surface area (Å²) in [6, 6.07) is 5.42. The van der Waals surface area contributed by atoms with Crippen LogP contribution in [-0.4, -0.2) is 26.1 Å². The third-order valence-corrected chi connectivity index (χ3v) is 4.03. The molecule has 0 fully saturated rings. The van der Waals surface area contributed by atoms with Gasteiger partial charge in [-0.15, -0.1) is 0 Å². The molecule has 1 rings (SSSR count). The average Bonchev–Trinajstić information content (AvgIpc) is 2.29. The molecule has 0 heterocycles. The van der Waals surface area contributed by atoms with E-state index in [4.69, 9.17) is 5.73 Å². The molecule has 0 bridgehead atoms. The lowest BCUT2D eigenvalue weighted by Gasteiger charge is -2.08. The van der Waals surface area contributed by atoms with Crippen molar-refractivity contribution in [3.05, 3.63) is 24.3 Å². The van der Waals surface area contributed by atoms with Crippen molar-refractivity contribution >= 4 is 21.4 Å². The maximum absolute atomic E-state index is 11.5. The van der Waals surface area contributed by atoms with Crippen molar-refractivity contribution in [1.82, 2.24) is 0 Å². The summed E-state index contributed by atoms with van der Waals surface area (Å²) >= 11 is 0. The first-order chi connectivity index (χ1) is 7.86. The molecule has 94 valence electrons. The molecule has 0 saturated carbocycles. The number of carbonyl (C=O) groups is 1. The Morgan fingerprint density at radius 2 is 1.88 bits per heavy atom. The Hall–Kier alpha value is -1.40. The number of sulfone groups is 1. The van der Waals surface area contributed by atoms with Crippen LogP contribution in [0.5, 0.6) is 0 Å². The van der Waals surface area contributed by atoms with E-state index >= 15 is 0 Å². The highest BCUT2D eigenvalue weighted by Crippen LogP contribution is 2.15. The van der Waals surface area contributed by atoms with E-state index in [9.17, 15) is 13.2 Å². The second-order valence-electron chi connectivity index (χ2n) is 3.71. The van der Waals surface area contributed by atoms with Gasteiger partial charge in [0.25, 0.3) is 0 Å². The fraction of sp³-hybridized carbons (Fsp3) is 0.364. The van der Waals surface area contributed by atoms with Crippen molar-refractivity contribution in [1.29, 1.82) is 0 Å². The topological polar surface area (TPSA) is 89.3 Å². The summed E-state index contributed by atoms with van der Waals surface area (Å²) in [5, 5.41) is 2.58. The first-order valence-corrected chi connectivity index (χ1v) is 6.91. The van der Waals surface area contributed by atoms with Crippen LogP contribution in [0.2, 0.25) is 0 Å². The normalized spacial score (nSPS) is 13.1. The van der Waals surface area contributed by atoms with E-state index in [1.54, 1.807) is 26.0 Å². The van der Waals surface area contributed by atoms with E-state index in [1.165, 1.54) is 12.1 Å². The van der Waals surface area contributed by atoms with Crippen molar-refractivity contribution in [2.24, 2.45) is 5.73 Å². The van der Waals surface area contributed by atoms with Gasteiger partial charge in [0.2, 0.25) is 5.91 Å². The quantitative estimate of drug-likeness (QED) is 0.832. The molecule has 1 aromatic rings. The van der Waals surface area contributed by atoms with Gasteiger partial charge in [-0.25, -0.2) is 8.42 Å². The van der Waals surface area contributed by atoms with Crippen LogP contribution >= 0.6 is 0 Å². The lowest BCUT2D eigenvalue weighted by molar-refractivity contribution is -0.117. The number of amides is 1. The van der Waals surface area contributed by atoms with Gasteiger partial charge >= 0.3 is 0 Å².